The molecule has 0 aliphatic carbocycles. The van der Waals surface area contributed by atoms with Crippen molar-refractivity contribution in [3.63, 3.8) is 0 Å². The molecule has 2 N–H and O–H groups in total. The van der Waals surface area contributed by atoms with Gasteiger partial charge in [-0.2, -0.15) is 0 Å². The fourth-order valence-electron chi connectivity index (χ4n) is 2.83. The van der Waals surface area contributed by atoms with Crippen LogP contribution in [-0.4, -0.2) is 56.2 Å². The first-order valence-corrected chi connectivity index (χ1v) is 9.77. The van der Waals surface area contributed by atoms with E-state index in [0.717, 1.165) is 42.1 Å². The van der Waals surface area contributed by atoms with Crippen LogP contribution < -0.4 is 20.4 Å². The van der Waals surface area contributed by atoms with Crippen molar-refractivity contribution in [2.45, 2.75) is 19.0 Å². The number of thiazole rings is 1. The minimum absolute atomic E-state index is 0.298. The van der Waals surface area contributed by atoms with E-state index in [1.165, 1.54) is 0 Å². The zero-order valence-electron chi connectivity index (χ0n) is 15.2. The van der Waals surface area contributed by atoms with Gasteiger partial charge in [0.25, 0.3) is 0 Å². The van der Waals surface area contributed by atoms with Gasteiger partial charge in [0.1, 0.15) is 5.82 Å². The molecule has 7 nitrogen and oxygen atoms in total. The highest BCUT2D eigenvalue weighted by Gasteiger charge is 2.25. The maximum atomic E-state index is 6.26. The van der Waals surface area contributed by atoms with E-state index in [0.29, 0.717) is 17.6 Å². The number of hydrogen-bond donors (Lipinski definition) is 2. The zero-order chi connectivity index (χ0) is 18.5. The van der Waals surface area contributed by atoms with E-state index in [4.69, 9.17) is 11.6 Å². The van der Waals surface area contributed by atoms with E-state index >= 15 is 0 Å². The molecular weight excluding hydrogens is 370 g/mol. The monoisotopic (exact) mass is 393 g/mol. The highest BCUT2D eigenvalue weighted by atomic mass is 35.5. The van der Waals surface area contributed by atoms with Gasteiger partial charge in [0.05, 0.1) is 17.3 Å². The average molecular weight is 394 g/mol. The molecule has 3 rings (SSSR count). The van der Waals surface area contributed by atoms with Crippen molar-refractivity contribution in [3.05, 3.63) is 34.4 Å². The number of anilines is 2. The maximum Gasteiger partial charge on any atom is 0.191 e. The Morgan fingerprint density at radius 3 is 3.04 bits per heavy atom. The van der Waals surface area contributed by atoms with Gasteiger partial charge in [0, 0.05) is 51.9 Å². The highest BCUT2D eigenvalue weighted by Crippen LogP contribution is 2.25. The van der Waals surface area contributed by atoms with Crippen molar-refractivity contribution in [2.24, 2.45) is 4.99 Å². The minimum Gasteiger partial charge on any atom is -0.354 e. The number of nitrogens with one attached hydrogen (secondary N) is 2. The molecule has 1 aliphatic rings. The smallest absolute Gasteiger partial charge is 0.191 e. The number of nitrogens with zero attached hydrogens (tertiary/aromatic N) is 5. The van der Waals surface area contributed by atoms with E-state index in [1.807, 2.05) is 31.1 Å². The predicted octanol–water partition coefficient (Wildman–Crippen LogP) is 2.20. The molecule has 1 saturated heterocycles. The molecular formula is C17H24ClN7S. The van der Waals surface area contributed by atoms with Crippen molar-refractivity contribution in [3.8, 4) is 0 Å². The third-order valence-electron chi connectivity index (χ3n) is 4.15. The summed E-state index contributed by atoms with van der Waals surface area (Å²) in [7, 11) is 5.77. The van der Waals surface area contributed by atoms with Crippen molar-refractivity contribution >= 4 is 39.8 Å². The van der Waals surface area contributed by atoms with Gasteiger partial charge in [0.15, 0.2) is 11.1 Å². The Kier molecular flexibility index (Phi) is 6.16. The summed E-state index contributed by atoms with van der Waals surface area (Å²) in [5, 5.41) is 10.6. The van der Waals surface area contributed by atoms with Crippen molar-refractivity contribution in [1.82, 2.24) is 20.6 Å². The lowest BCUT2D eigenvalue weighted by molar-refractivity contribution is 0.647. The van der Waals surface area contributed by atoms with Crippen molar-refractivity contribution in [2.75, 3.05) is 44.0 Å². The number of aliphatic imine (C=N–C) groups is 1. The lowest BCUT2D eigenvalue weighted by Crippen LogP contribution is -2.44. The second kappa shape index (κ2) is 8.55. The third-order valence-corrected chi connectivity index (χ3v) is 5.50. The number of hydrogen-bond acceptors (Lipinski definition) is 6. The van der Waals surface area contributed by atoms with E-state index in [2.05, 4.69) is 35.9 Å². The molecule has 1 atom stereocenters. The van der Waals surface area contributed by atoms with E-state index in [1.54, 1.807) is 24.6 Å². The molecule has 140 valence electrons. The van der Waals surface area contributed by atoms with Crippen LogP contribution in [0.15, 0.2) is 28.7 Å². The van der Waals surface area contributed by atoms with Gasteiger partial charge < -0.3 is 20.4 Å². The molecule has 2 aromatic rings. The van der Waals surface area contributed by atoms with Gasteiger partial charge in [-0.3, -0.25) is 4.99 Å². The zero-order valence-corrected chi connectivity index (χ0v) is 16.8. The molecule has 1 aliphatic heterocycles. The van der Waals surface area contributed by atoms with Gasteiger partial charge in [-0.05, 0) is 18.6 Å². The predicted molar refractivity (Wildman–Crippen MR) is 110 cm³/mol. The largest absolute Gasteiger partial charge is 0.354 e. The molecule has 0 radical (unpaired) electrons. The molecule has 0 bridgehead atoms. The standard InChI is InChI=1S/C17H24ClN7S/c1-19-16(21-9-13-11-26-17(23-13)24(2)3)22-12-6-8-25(10-12)15-14(18)5-4-7-20-15/h4-5,7,11-12H,6,8-10H2,1-3H3,(H2,19,21,22). The summed E-state index contributed by atoms with van der Waals surface area (Å²) in [6.07, 6.45) is 2.79. The summed E-state index contributed by atoms with van der Waals surface area (Å²) in [5.41, 5.74) is 1.01. The molecule has 26 heavy (non-hydrogen) atoms. The number of guanidine groups is 1. The summed E-state index contributed by atoms with van der Waals surface area (Å²) in [5.74, 6) is 1.63. The molecule has 1 fully saturated rings. The molecule has 1 unspecified atom stereocenters. The summed E-state index contributed by atoms with van der Waals surface area (Å²) in [6, 6.07) is 4.02. The fourth-order valence-corrected chi connectivity index (χ4v) is 3.82. The van der Waals surface area contributed by atoms with Crippen LogP contribution in [0.1, 0.15) is 12.1 Å². The first-order valence-electron chi connectivity index (χ1n) is 8.51. The molecule has 0 spiro atoms. The van der Waals surface area contributed by atoms with Gasteiger partial charge in [-0.15, -0.1) is 11.3 Å². The number of aromatic nitrogens is 2. The van der Waals surface area contributed by atoms with Crippen LogP contribution in [0.25, 0.3) is 0 Å². The van der Waals surface area contributed by atoms with Gasteiger partial charge in [-0.1, -0.05) is 11.6 Å². The van der Waals surface area contributed by atoms with E-state index in [-0.39, 0.29) is 0 Å². The Morgan fingerprint density at radius 1 is 1.50 bits per heavy atom. The lowest BCUT2D eigenvalue weighted by atomic mass is 10.3. The van der Waals surface area contributed by atoms with E-state index in [9.17, 15) is 0 Å². The topological polar surface area (TPSA) is 68.7 Å². The Bertz CT molecular complexity index is 761. The molecule has 9 heteroatoms. The normalized spacial score (nSPS) is 17.5. The second-order valence-corrected chi connectivity index (χ2v) is 7.57. The molecule has 2 aromatic heterocycles. The first kappa shape index (κ1) is 18.7. The number of halogens is 1. The molecule has 0 saturated carbocycles. The third kappa shape index (κ3) is 4.56. The van der Waals surface area contributed by atoms with Gasteiger partial charge in [0.2, 0.25) is 0 Å². The van der Waals surface area contributed by atoms with Crippen LogP contribution in [0.2, 0.25) is 5.02 Å². The molecule has 0 aromatic carbocycles. The number of pyridine rings is 1. The van der Waals surface area contributed by atoms with Crippen LogP contribution in [0, 0.1) is 0 Å². The van der Waals surface area contributed by atoms with Crippen LogP contribution in [0.4, 0.5) is 10.9 Å². The Hall–Kier alpha value is -2.06. The fraction of sp³-hybridized carbons (Fsp3) is 0.471. The van der Waals surface area contributed by atoms with Crippen molar-refractivity contribution < 1.29 is 0 Å². The minimum atomic E-state index is 0.298. The molecule has 0 amide bonds. The van der Waals surface area contributed by atoms with Crippen LogP contribution in [0.5, 0.6) is 0 Å². The summed E-state index contributed by atoms with van der Waals surface area (Å²) < 4.78 is 0. The average Bonchev–Trinajstić information content (AvgIpc) is 3.28. The Morgan fingerprint density at radius 2 is 2.35 bits per heavy atom. The highest BCUT2D eigenvalue weighted by molar-refractivity contribution is 7.13. The van der Waals surface area contributed by atoms with Gasteiger partial charge in [-0.25, -0.2) is 9.97 Å². The van der Waals surface area contributed by atoms with Crippen LogP contribution >= 0.6 is 22.9 Å². The molecule has 3 heterocycles. The quantitative estimate of drug-likeness (QED) is 0.599. The first-order chi connectivity index (χ1) is 12.6. The van der Waals surface area contributed by atoms with Crippen LogP contribution in [-0.2, 0) is 6.54 Å². The Labute approximate surface area is 163 Å². The lowest BCUT2D eigenvalue weighted by Gasteiger charge is -2.20. The summed E-state index contributed by atoms with van der Waals surface area (Å²) >= 11 is 7.89. The van der Waals surface area contributed by atoms with Crippen molar-refractivity contribution in [1.29, 1.82) is 0 Å². The Balaban J connectivity index is 1.52. The van der Waals surface area contributed by atoms with Gasteiger partial charge >= 0.3 is 0 Å². The summed E-state index contributed by atoms with van der Waals surface area (Å²) in [4.78, 5) is 17.5. The second-order valence-electron chi connectivity index (χ2n) is 6.33. The SMILES string of the molecule is CN=C(NCc1csc(N(C)C)n1)NC1CCN(c2ncccc2Cl)C1. The van der Waals surface area contributed by atoms with Crippen LogP contribution in [0.3, 0.4) is 0 Å². The summed E-state index contributed by atoms with van der Waals surface area (Å²) in [6.45, 7) is 2.41. The van der Waals surface area contributed by atoms with E-state index < -0.39 is 0 Å². The maximum absolute atomic E-state index is 6.26. The number of rotatable bonds is 5.